The van der Waals surface area contributed by atoms with E-state index in [1.54, 1.807) is 13.3 Å². The molecule has 1 aliphatic carbocycles. The molecule has 0 unspecified atom stereocenters. The summed E-state index contributed by atoms with van der Waals surface area (Å²) >= 11 is 0. The molecule has 0 radical (unpaired) electrons. The van der Waals surface area contributed by atoms with Crippen LogP contribution in [-0.4, -0.2) is 34.6 Å². The maximum Gasteiger partial charge on any atom is 0.329 e. The third-order valence-corrected chi connectivity index (χ3v) is 4.57. The van der Waals surface area contributed by atoms with Gasteiger partial charge < -0.3 is 20.1 Å². The normalized spacial score (nSPS) is 16.4. The summed E-state index contributed by atoms with van der Waals surface area (Å²) in [7, 11) is 1.59. The second-order valence-electron chi connectivity index (χ2n) is 6.04. The van der Waals surface area contributed by atoms with Gasteiger partial charge in [-0.1, -0.05) is 12.8 Å². The number of aromatic nitrogens is 1. The van der Waals surface area contributed by atoms with Gasteiger partial charge in [-0.25, -0.2) is 4.79 Å². The summed E-state index contributed by atoms with van der Waals surface area (Å²) in [5.41, 5.74) is 0.651. The van der Waals surface area contributed by atoms with E-state index in [4.69, 9.17) is 4.74 Å². The van der Waals surface area contributed by atoms with E-state index in [-0.39, 0.29) is 12.3 Å². The number of carboxylic acid groups (broad SMARTS) is 1. The van der Waals surface area contributed by atoms with Crippen molar-refractivity contribution in [3.05, 3.63) is 30.0 Å². The molecule has 0 atom stereocenters. The first-order valence-electron chi connectivity index (χ1n) is 7.72. The van der Waals surface area contributed by atoms with Crippen molar-refractivity contribution in [2.75, 3.05) is 7.11 Å². The van der Waals surface area contributed by atoms with Crippen LogP contribution in [-0.2, 0) is 16.0 Å². The topological polar surface area (TPSA) is 91.4 Å². The number of aromatic amines is 1. The Kier molecular flexibility index (Phi) is 3.98. The Morgan fingerprint density at radius 1 is 1.35 bits per heavy atom. The van der Waals surface area contributed by atoms with Crippen LogP contribution in [0.25, 0.3) is 10.9 Å². The van der Waals surface area contributed by atoms with Gasteiger partial charge in [0, 0.05) is 17.1 Å². The Labute approximate surface area is 133 Å². The SMILES string of the molecule is COc1ccc2[nH]cc(CC(=O)NC3(C(=O)O)CCCC3)c2c1. The Balaban J connectivity index is 1.79. The smallest absolute Gasteiger partial charge is 0.329 e. The van der Waals surface area contributed by atoms with Gasteiger partial charge in [0.15, 0.2) is 0 Å². The first-order chi connectivity index (χ1) is 11.0. The minimum absolute atomic E-state index is 0.141. The fourth-order valence-corrected chi connectivity index (χ4v) is 3.29. The number of aliphatic carboxylic acids is 1. The van der Waals surface area contributed by atoms with E-state index in [1.807, 2.05) is 18.2 Å². The van der Waals surface area contributed by atoms with E-state index in [9.17, 15) is 14.7 Å². The largest absolute Gasteiger partial charge is 0.497 e. The van der Waals surface area contributed by atoms with E-state index in [0.29, 0.717) is 12.8 Å². The number of amides is 1. The number of hydrogen-bond donors (Lipinski definition) is 3. The molecule has 0 aliphatic heterocycles. The number of rotatable bonds is 5. The number of H-pyrrole nitrogens is 1. The van der Waals surface area contributed by atoms with Gasteiger partial charge in [0.1, 0.15) is 11.3 Å². The molecule has 122 valence electrons. The molecular formula is C17H20N2O4. The third-order valence-electron chi connectivity index (χ3n) is 4.57. The summed E-state index contributed by atoms with van der Waals surface area (Å²) in [5, 5.41) is 13.1. The highest BCUT2D eigenvalue weighted by atomic mass is 16.5. The molecular weight excluding hydrogens is 296 g/mol. The second kappa shape index (κ2) is 5.95. The molecule has 0 bridgehead atoms. The number of carbonyl (C=O) groups is 2. The molecule has 1 heterocycles. The van der Waals surface area contributed by atoms with E-state index < -0.39 is 11.5 Å². The van der Waals surface area contributed by atoms with Gasteiger partial charge in [0.05, 0.1) is 13.5 Å². The molecule has 6 heteroatoms. The van der Waals surface area contributed by atoms with Crippen molar-refractivity contribution >= 4 is 22.8 Å². The van der Waals surface area contributed by atoms with E-state index in [2.05, 4.69) is 10.3 Å². The Morgan fingerprint density at radius 2 is 2.09 bits per heavy atom. The van der Waals surface area contributed by atoms with E-state index >= 15 is 0 Å². The number of benzene rings is 1. The molecule has 3 N–H and O–H groups in total. The monoisotopic (exact) mass is 316 g/mol. The van der Waals surface area contributed by atoms with Gasteiger partial charge >= 0.3 is 5.97 Å². The highest BCUT2D eigenvalue weighted by Gasteiger charge is 2.42. The zero-order valence-corrected chi connectivity index (χ0v) is 13.0. The molecule has 0 spiro atoms. The standard InChI is InChI=1S/C17H20N2O4/c1-23-12-4-5-14-13(9-12)11(10-18-14)8-15(20)19-17(16(21)22)6-2-3-7-17/h4-5,9-10,18H,2-3,6-8H2,1H3,(H,19,20)(H,21,22). The quantitative estimate of drug-likeness (QED) is 0.789. The van der Waals surface area contributed by atoms with Crippen LogP contribution in [0.1, 0.15) is 31.2 Å². The van der Waals surface area contributed by atoms with E-state index in [1.165, 1.54) is 0 Å². The zero-order valence-electron chi connectivity index (χ0n) is 13.0. The van der Waals surface area contributed by atoms with Gasteiger partial charge in [-0.15, -0.1) is 0 Å². The lowest BCUT2D eigenvalue weighted by Gasteiger charge is -2.25. The maximum atomic E-state index is 12.4. The van der Waals surface area contributed by atoms with Gasteiger partial charge in [0.2, 0.25) is 5.91 Å². The molecule has 1 aromatic heterocycles. The molecule has 1 aliphatic rings. The number of nitrogens with one attached hydrogen (secondary N) is 2. The van der Waals surface area contributed by atoms with Crippen LogP contribution < -0.4 is 10.1 Å². The summed E-state index contributed by atoms with van der Waals surface area (Å²) in [6, 6.07) is 5.61. The minimum atomic E-state index is -1.10. The lowest BCUT2D eigenvalue weighted by molar-refractivity contribution is -0.147. The average molecular weight is 316 g/mol. The number of fused-ring (bicyclic) bond motifs is 1. The molecule has 1 amide bonds. The number of carboxylic acids is 1. The van der Waals surface area contributed by atoms with Gasteiger partial charge in [0.25, 0.3) is 0 Å². The lowest BCUT2D eigenvalue weighted by Crippen LogP contribution is -2.52. The van der Waals surface area contributed by atoms with Crippen LogP contribution in [0.3, 0.4) is 0 Å². The first kappa shape index (κ1) is 15.4. The number of carbonyl (C=O) groups excluding carboxylic acids is 1. The Bertz CT molecular complexity index is 744. The van der Waals surface area contributed by atoms with Gasteiger partial charge in [-0.05, 0) is 36.6 Å². The average Bonchev–Trinajstić information content (AvgIpc) is 3.15. The molecule has 1 aromatic carbocycles. The summed E-state index contributed by atoms with van der Waals surface area (Å²) < 4.78 is 5.21. The third kappa shape index (κ3) is 2.88. The van der Waals surface area contributed by atoms with Crippen molar-refractivity contribution in [2.45, 2.75) is 37.6 Å². The van der Waals surface area contributed by atoms with Crippen LogP contribution in [0, 0.1) is 0 Å². The number of ether oxygens (including phenoxy) is 1. The second-order valence-corrected chi connectivity index (χ2v) is 6.04. The van der Waals surface area contributed by atoms with Crippen LogP contribution in [0.15, 0.2) is 24.4 Å². The van der Waals surface area contributed by atoms with Crippen LogP contribution >= 0.6 is 0 Å². The molecule has 6 nitrogen and oxygen atoms in total. The molecule has 1 fully saturated rings. The van der Waals surface area contributed by atoms with Crippen molar-refractivity contribution in [1.82, 2.24) is 10.3 Å². The van der Waals surface area contributed by atoms with Gasteiger partial charge in [-0.2, -0.15) is 0 Å². The lowest BCUT2D eigenvalue weighted by atomic mass is 9.97. The van der Waals surface area contributed by atoms with E-state index in [0.717, 1.165) is 35.1 Å². The van der Waals surface area contributed by atoms with Crippen LogP contribution in [0.5, 0.6) is 5.75 Å². The zero-order chi connectivity index (χ0) is 16.4. The highest BCUT2D eigenvalue weighted by molar-refractivity contribution is 5.92. The fraction of sp³-hybridized carbons (Fsp3) is 0.412. The van der Waals surface area contributed by atoms with Crippen molar-refractivity contribution in [1.29, 1.82) is 0 Å². The fourth-order valence-electron chi connectivity index (χ4n) is 3.29. The van der Waals surface area contributed by atoms with Crippen LogP contribution in [0.4, 0.5) is 0 Å². The Hall–Kier alpha value is -2.50. The number of hydrogen-bond acceptors (Lipinski definition) is 3. The maximum absolute atomic E-state index is 12.4. The van der Waals surface area contributed by atoms with Crippen LogP contribution in [0.2, 0.25) is 0 Å². The predicted molar refractivity (Wildman–Crippen MR) is 85.5 cm³/mol. The summed E-state index contributed by atoms with van der Waals surface area (Å²) in [6.07, 6.45) is 4.58. The summed E-state index contributed by atoms with van der Waals surface area (Å²) in [5.74, 6) is -0.487. The minimum Gasteiger partial charge on any atom is -0.497 e. The van der Waals surface area contributed by atoms with Gasteiger partial charge in [-0.3, -0.25) is 4.79 Å². The highest BCUT2D eigenvalue weighted by Crippen LogP contribution is 2.30. The predicted octanol–water partition coefficient (Wildman–Crippen LogP) is 2.23. The number of methoxy groups -OCH3 is 1. The molecule has 1 saturated carbocycles. The molecule has 3 rings (SSSR count). The van der Waals surface area contributed by atoms with Crippen molar-refractivity contribution in [2.24, 2.45) is 0 Å². The Morgan fingerprint density at radius 3 is 2.74 bits per heavy atom. The molecule has 23 heavy (non-hydrogen) atoms. The van der Waals surface area contributed by atoms with Crippen molar-refractivity contribution in [3.8, 4) is 5.75 Å². The molecule has 2 aromatic rings. The summed E-state index contributed by atoms with van der Waals surface area (Å²) in [4.78, 5) is 27.0. The van der Waals surface area contributed by atoms with Crippen molar-refractivity contribution < 1.29 is 19.4 Å². The first-order valence-corrected chi connectivity index (χ1v) is 7.72. The summed E-state index contributed by atoms with van der Waals surface area (Å²) in [6.45, 7) is 0. The molecule has 0 saturated heterocycles. The van der Waals surface area contributed by atoms with Crippen molar-refractivity contribution in [3.63, 3.8) is 0 Å².